The van der Waals surface area contributed by atoms with Gasteiger partial charge < -0.3 is 5.32 Å². The summed E-state index contributed by atoms with van der Waals surface area (Å²) in [6, 6.07) is 9.99. The van der Waals surface area contributed by atoms with Gasteiger partial charge in [-0.3, -0.25) is 0 Å². The van der Waals surface area contributed by atoms with Crippen molar-refractivity contribution in [3.63, 3.8) is 0 Å². The average molecular weight is 198 g/mol. The molecular weight excluding hydrogens is 184 g/mol. The van der Waals surface area contributed by atoms with Gasteiger partial charge in [-0.25, -0.2) is 4.85 Å². The Kier molecular flexibility index (Phi) is 3.16. The van der Waals surface area contributed by atoms with Crippen LogP contribution in [0.1, 0.15) is 18.4 Å². The van der Waals surface area contributed by atoms with Crippen LogP contribution in [0.2, 0.25) is 0 Å². The van der Waals surface area contributed by atoms with E-state index in [9.17, 15) is 0 Å². The van der Waals surface area contributed by atoms with Gasteiger partial charge in [-0.15, -0.1) is 0 Å². The van der Waals surface area contributed by atoms with Crippen LogP contribution in [-0.2, 0) is 0 Å². The lowest BCUT2D eigenvalue weighted by Gasteiger charge is -2.17. The van der Waals surface area contributed by atoms with E-state index in [2.05, 4.69) is 10.2 Å². The molecule has 1 aliphatic rings. The second-order valence-corrected chi connectivity index (χ2v) is 3.68. The topological polar surface area (TPSA) is 16.4 Å². The molecule has 0 aromatic heterocycles. The zero-order chi connectivity index (χ0) is 10.5. The molecule has 2 heteroatoms. The third kappa shape index (κ3) is 2.26. The summed E-state index contributed by atoms with van der Waals surface area (Å²) in [6.45, 7) is 9.28. The van der Waals surface area contributed by atoms with Crippen molar-refractivity contribution >= 4 is 5.70 Å². The van der Waals surface area contributed by atoms with Crippen molar-refractivity contribution in [2.45, 2.75) is 12.8 Å². The minimum absolute atomic E-state index is 0.858. The maximum Gasteiger partial charge on any atom is 0.193 e. The van der Waals surface area contributed by atoms with Gasteiger partial charge >= 0.3 is 0 Å². The minimum atomic E-state index is 0.858. The molecule has 2 rings (SSSR count). The Morgan fingerprint density at radius 3 is 2.40 bits per heavy atom. The summed E-state index contributed by atoms with van der Waals surface area (Å²) >= 11 is 0. The average Bonchev–Trinajstić information content (AvgIpc) is 2.33. The first kappa shape index (κ1) is 9.95. The molecule has 0 radical (unpaired) electrons. The first-order chi connectivity index (χ1) is 7.42. The Labute approximate surface area is 90.4 Å². The smallest absolute Gasteiger partial charge is 0.193 e. The van der Waals surface area contributed by atoms with Crippen LogP contribution in [0.15, 0.2) is 35.9 Å². The molecule has 1 heterocycles. The zero-order valence-electron chi connectivity index (χ0n) is 8.66. The van der Waals surface area contributed by atoms with Crippen molar-refractivity contribution in [3.05, 3.63) is 52.9 Å². The van der Waals surface area contributed by atoms with Crippen molar-refractivity contribution < 1.29 is 0 Å². The number of benzene rings is 1. The van der Waals surface area contributed by atoms with Crippen molar-refractivity contribution in [1.29, 1.82) is 0 Å². The first-order valence-corrected chi connectivity index (χ1v) is 5.27. The third-order valence-electron chi connectivity index (χ3n) is 2.70. The summed E-state index contributed by atoms with van der Waals surface area (Å²) in [5.41, 5.74) is 3.22. The van der Waals surface area contributed by atoms with Crippen molar-refractivity contribution in [3.8, 4) is 0 Å². The predicted octanol–water partition coefficient (Wildman–Crippen LogP) is 2.70. The highest BCUT2D eigenvalue weighted by molar-refractivity contribution is 5.73. The molecule has 1 saturated heterocycles. The maximum absolute atomic E-state index is 7.28. The molecule has 0 spiro atoms. The van der Waals surface area contributed by atoms with Gasteiger partial charge in [-0.05, 0) is 31.5 Å². The van der Waals surface area contributed by atoms with Gasteiger partial charge in [0, 0.05) is 0 Å². The largest absolute Gasteiger partial charge is 0.316 e. The van der Waals surface area contributed by atoms with Crippen LogP contribution in [0, 0.1) is 6.57 Å². The fraction of sp³-hybridized carbons (Fsp3) is 0.308. The van der Waals surface area contributed by atoms with Gasteiger partial charge in [-0.2, -0.15) is 0 Å². The SMILES string of the molecule is [C-]#[N+]C(=C1CCNCC1)c1ccccc1. The second kappa shape index (κ2) is 4.77. The van der Waals surface area contributed by atoms with Crippen LogP contribution >= 0.6 is 0 Å². The molecular formula is C13H14N2. The van der Waals surface area contributed by atoms with Crippen molar-refractivity contribution in [2.24, 2.45) is 0 Å². The zero-order valence-corrected chi connectivity index (χ0v) is 8.66. The molecule has 76 valence electrons. The Bertz CT molecular complexity index is 390. The lowest BCUT2D eigenvalue weighted by atomic mass is 9.99. The van der Waals surface area contributed by atoms with Gasteiger partial charge in [0.25, 0.3) is 0 Å². The number of rotatable bonds is 1. The molecule has 0 saturated carbocycles. The van der Waals surface area contributed by atoms with Crippen LogP contribution in [0.25, 0.3) is 10.5 Å². The normalized spacial score (nSPS) is 15.8. The monoisotopic (exact) mass is 198 g/mol. The van der Waals surface area contributed by atoms with Crippen LogP contribution in [0.3, 0.4) is 0 Å². The highest BCUT2D eigenvalue weighted by Crippen LogP contribution is 2.25. The van der Waals surface area contributed by atoms with E-state index in [4.69, 9.17) is 6.57 Å². The van der Waals surface area contributed by atoms with E-state index < -0.39 is 0 Å². The van der Waals surface area contributed by atoms with Crippen molar-refractivity contribution in [2.75, 3.05) is 13.1 Å². The number of nitrogens with zero attached hydrogens (tertiary/aromatic N) is 1. The lowest BCUT2D eigenvalue weighted by Crippen LogP contribution is -2.23. The number of nitrogens with one attached hydrogen (secondary N) is 1. The molecule has 1 aromatic rings. The standard InChI is InChI=1S/C13H14N2/c1-14-13(11-5-3-2-4-6-11)12-7-9-15-10-8-12/h2-6,15H,7-10H2. The number of hydrogen-bond acceptors (Lipinski definition) is 1. The molecule has 1 N–H and O–H groups in total. The van der Waals surface area contributed by atoms with Crippen molar-refractivity contribution in [1.82, 2.24) is 5.32 Å². The highest BCUT2D eigenvalue weighted by atomic mass is 14.9. The first-order valence-electron chi connectivity index (χ1n) is 5.27. The van der Waals surface area contributed by atoms with E-state index in [-0.39, 0.29) is 0 Å². The third-order valence-corrected chi connectivity index (χ3v) is 2.70. The molecule has 2 nitrogen and oxygen atoms in total. The summed E-state index contributed by atoms with van der Waals surface area (Å²) in [4.78, 5) is 3.68. The van der Waals surface area contributed by atoms with Crippen LogP contribution in [-0.4, -0.2) is 13.1 Å². The fourth-order valence-corrected chi connectivity index (χ4v) is 1.91. The molecule has 0 aliphatic carbocycles. The molecule has 0 bridgehead atoms. The maximum atomic E-state index is 7.28. The lowest BCUT2D eigenvalue weighted by molar-refractivity contribution is 0.612. The van der Waals surface area contributed by atoms with E-state index >= 15 is 0 Å². The Morgan fingerprint density at radius 2 is 1.80 bits per heavy atom. The summed E-state index contributed by atoms with van der Waals surface area (Å²) < 4.78 is 0. The minimum Gasteiger partial charge on any atom is -0.316 e. The van der Waals surface area contributed by atoms with Crippen LogP contribution in [0.4, 0.5) is 0 Å². The highest BCUT2D eigenvalue weighted by Gasteiger charge is 2.12. The van der Waals surface area contributed by atoms with Crippen LogP contribution < -0.4 is 5.32 Å². The quantitative estimate of drug-likeness (QED) is 0.686. The number of piperidine rings is 1. The summed E-state index contributed by atoms with van der Waals surface area (Å²) in [7, 11) is 0. The van der Waals surface area contributed by atoms with Crippen LogP contribution in [0.5, 0.6) is 0 Å². The Morgan fingerprint density at radius 1 is 1.13 bits per heavy atom. The number of hydrogen-bond donors (Lipinski definition) is 1. The molecule has 0 amide bonds. The Balaban J connectivity index is 2.35. The molecule has 1 fully saturated rings. The second-order valence-electron chi connectivity index (χ2n) is 3.68. The van der Waals surface area contributed by atoms with E-state index in [0.717, 1.165) is 37.2 Å². The fourth-order valence-electron chi connectivity index (χ4n) is 1.91. The van der Waals surface area contributed by atoms with E-state index in [1.807, 2.05) is 30.3 Å². The van der Waals surface area contributed by atoms with Gasteiger partial charge in [-0.1, -0.05) is 35.9 Å². The predicted molar refractivity (Wildman–Crippen MR) is 62.1 cm³/mol. The van der Waals surface area contributed by atoms with Gasteiger partial charge in [0.1, 0.15) is 0 Å². The summed E-state index contributed by atoms with van der Waals surface area (Å²) in [6.07, 6.45) is 2.01. The van der Waals surface area contributed by atoms with Gasteiger partial charge in [0.05, 0.1) is 6.57 Å². The summed E-state index contributed by atoms with van der Waals surface area (Å²) in [5, 5.41) is 3.31. The Hall–Kier alpha value is -1.59. The van der Waals surface area contributed by atoms with Gasteiger partial charge in [0.15, 0.2) is 5.70 Å². The molecule has 1 aliphatic heterocycles. The van der Waals surface area contributed by atoms with E-state index in [1.165, 1.54) is 5.57 Å². The molecule has 0 unspecified atom stereocenters. The molecule has 0 atom stereocenters. The molecule has 1 aromatic carbocycles. The molecule has 15 heavy (non-hydrogen) atoms. The van der Waals surface area contributed by atoms with E-state index in [1.54, 1.807) is 0 Å². The van der Waals surface area contributed by atoms with Gasteiger partial charge in [0.2, 0.25) is 0 Å². The van der Waals surface area contributed by atoms with E-state index in [0.29, 0.717) is 0 Å². The summed E-state index contributed by atoms with van der Waals surface area (Å²) in [5.74, 6) is 0.